The number of aromatic hydroxyl groups is 1. The van der Waals surface area contributed by atoms with E-state index in [2.05, 4.69) is 4.98 Å². The van der Waals surface area contributed by atoms with Crippen molar-refractivity contribution in [3.05, 3.63) is 45.9 Å². The Kier molecular flexibility index (Phi) is 2.98. The molecule has 1 atom stereocenters. The molecule has 0 fully saturated rings. The van der Waals surface area contributed by atoms with E-state index in [1.54, 1.807) is 12.1 Å². The van der Waals surface area contributed by atoms with Crippen LogP contribution in [0.4, 0.5) is 0 Å². The normalized spacial score (nSPS) is 12.3. The van der Waals surface area contributed by atoms with Crippen LogP contribution in [-0.4, -0.2) is 21.5 Å². The number of carbonyl (C=O) groups excluding carboxylic acids is 1. The molecule has 2 N–H and O–H groups in total. The molecule has 4 nitrogen and oxygen atoms in total. The number of nitrogens with zero attached hydrogens (tertiary/aromatic N) is 1. The molecule has 0 aliphatic rings. The number of aldehydes is 1. The van der Waals surface area contributed by atoms with Crippen LogP contribution < -0.4 is 0 Å². The number of thiophene rings is 1. The van der Waals surface area contributed by atoms with Gasteiger partial charge in [0.05, 0.1) is 5.56 Å². The van der Waals surface area contributed by atoms with E-state index in [0.29, 0.717) is 11.2 Å². The molecule has 0 spiro atoms. The standard InChI is InChI=1S/C11H9NO3S/c13-6-7-3-4-12-9(10(7)14)11(15)8-2-1-5-16-8/h1-6,11,14-15H. The Morgan fingerprint density at radius 1 is 1.44 bits per heavy atom. The summed E-state index contributed by atoms with van der Waals surface area (Å²) in [7, 11) is 0. The fraction of sp³-hybridized carbons (Fsp3) is 0.0909. The minimum Gasteiger partial charge on any atom is -0.505 e. The van der Waals surface area contributed by atoms with Gasteiger partial charge in [-0.25, -0.2) is 0 Å². The summed E-state index contributed by atoms with van der Waals surface area (Å²) in [4.78, 5) is 15.2. The highest BCUT2D eigenvalue weighted by molar-refractivity contribution is 7.10. The minimum atomic E-state index is -1.00. The van der Waals surface area contributed by atoms with Crippen LogP contribution in [0.1, 0.15) is 27.0 Å². The summed E-state index contributed by atoms with van der Waals surface area (Å²) in [6.45, 7) is 0. The fourth-order valence-corrected chi connectivity index (χ4v) is 2.07. The molecular formula is C11H9NO3S. The zero-order chi connectivity index (χ0) is 11.5. The summed E-state index contributed by atoms with van der Waals surface area (Å²) in [5, 5.41) is 21.5. The maximum absolute atomic E-state index is 10.6. The van der Waals surface area contributed by atoms with Gasteiger partial charge in [-0.1, -0.05) is 6.07 Å². The van der Waals surface area contributed by atoms with Crippen molar-refractivity contribution < 1.29 is 15.0 Å². The van der Waals surface area contributed by atoms with Crippen LogP contribution in [0.15, 0.2) is 29.8 Å². The highest BCUT2D eigenvalue weighted by Gasteiger charge is 2.18. The van der Waals surface area contributed by atoms with Crippen molar-refractivity contribution >= 4 is 17.6 Å². The largest absolute Gasteiger partial charge is 0.505 e. The van der Waals surface area contributed by atoms with E-state index in [1.165, 1.54) is 23.6 Å². The molecule has 2 rings (SSSR count). The van der Waals surface area contributed by atoms with Crippen LogP contribution in [0, 0.1) is 0 Å². The van der Waals surface area contributed by atoms with Crippen molar-refractivity contribution in [3.8, 4) is 5.75 Å². The highest BCUT2D eigenvalue weighted by Crippen LogP contribution is 2.31. The number of hydrogen-bond donors (Lipinski definition) is 2. The van der Waals surface area contributed by atoms with Gasteiger partial charge in [-0.15, -0.1) is 11.3 Å². The van der Waals surface area contributed by atoms with Crippen LogP contribution in [0.3, 0.4) is 0 Å². The summed E-state index contributed by atoms with van der Waals surface area (Å²) in [6.07, 6.45) is 0.914. The van der Waals surface area contributed by atoms with Gasteiger partial charge in [0.15, 0.2) is 12.0 Å². The Hall–Kier alpha value is -1.72. The van der Waals surface area contributed by atoms with Gasteiger partial charge >= 0.3 is 0 Å². The summed E-state index contributed by atoms with van der Waals surface area (Å²) in [5.74, 6) is -0.265. The summed E-state index contributed by atoms with van der Waals surface area (Å²) in [5.41, 5.74) is 0.229. The minimum absolute atomic E-state index is 0.104. The second-order valence-electron chi connectivity index (χ2n) is 3.17. The molecule has 0 bridgehead atoms. The fourth-order valence-electron chi connectivity index (χ4n) is 1.36. The average Bonchev–Trinajstić information content (AvgIpc) is 2.82. The lowest BCUT2D eigenvalue weighted by atomic mass is 10.1. The molecule has 2 aromatic heterocycles. The Balaban J connectivity index is 2.44. The third-order valence-corrected chi connectivity index (χ3v) is 3.11. The maximum atomic E-state index is 10.6. The Morgan fingerprint density at radius 3 is 2.88 bits per heavy atom. The van der Waals surface area contributed by atoms with Gasteiger partial charge in [0.25, 0.3) is 0 Å². The first-order valence-corrected chi connectivity index (χ1v) is 5.46. The second kappa shape index (κ2) is 4.42. The Bertz CT molecular complexity index is 496. The lowest BCUT2D eigenvalue weighted by Crippen LogP contribution is -2.02. The van der Waals surface area contributed by atoms with Crippen molar-refractivity contribution in [1.29, 1.82) is 0 Å². The molecule has 2 heterocycles. The van der Waals surface area contributed by atoms with Crippen LogP contribution in [0.5, 0.6) is 5.75 Å². The molecule has 0 amide bonds. The number of hydrogen-bond acceptors (Lipinski definition) is 5. The zero-order valence-electron chi connectivity index (χ0n) is 8.20. The van der Waals surface area contributed by atoms with Crippen LogP contribution >= 0.6 is 11.3 Å². The average molecular weight is 235 g/mol. The first-order valence-electron chi connectivity index (χ1n) is 4.58. The first kappa shape index (κ1) is 10.8. The number of pyridine rings is 1. The van der Waals surface area contributed by atoms with Crippen LogP contribution in [0.25, 0.3) is 0 Å². The lowest BCUT2D eigenvalue weighted by molar-refractivity contribution is 0.112. The molecule has 0 saturated heterocycles. The summed E-state index contributed by atoms with van der Waals surface area (Å²) >= 11 is 1.36. The molecular weight excluding hydrogens is 226 g/mol. The van der Waals surface area contributed by atoms with Crippen molar-refractivity contribution in [2.75, 3.05) is 0 Å². The van der Waals surface area contributed by atoms with Gasteiger partial charge in [-0.05, 0) is 17.5 Å². The SMILES string of the molecule is O=Cc1ccnc(C(O)c2cccs2)c1O. The Morgan fingerprint density at radius 2 is 2.25 bits per heavy atom. The van der Waals surface area contributed by atoms with Crippen molar-refractivity contribution in [2.45, 2.75) is 6.10 Å². The predicted octanol–water partition coefficient (Wildman–Crippen LogP) is 1.74. The quantitative estimate of drug-likeness (QED) is 0.795. The Labute approximate surface area is 95.8 Å². The van der Waals surface area contributed by atoms with Gasteiger partial charge in [0.2, 0.25) is 0 Å². The predicted molar refractivity (Wildman–Crippen MR) is 59.7 cm³/mol. The van der Waals surface area contributed by atoms with Crippen LogP contribution in [0.2, 0.25) is 0 Å². The molecule has 0 aliphatic carbocycles. The number of rotatable bonds is 3. The molecule has 0 radical (unpaired) electrons. The summed E-state index contributed by atoms with van der Waals surface area (Å²) < 4.78 is 0. The number of carbonyl (C=O) groups is 1. The third kappa shape index (κ3) is 1.82. The second-order valence-corrected chi connectivity index (χ2v) is 4.15. The summed E-state index contributed by atoms with van der Waals surface area (Å²) in [6, 6.07) is 4.93. The number of aliphatic hydroxyl groups excluding tert-OH is 1. The molecule has 5 heteroatoms. The van der Waals surface area contributed by atoms with Crippen molar-refractivity contribution in [3.63, 3.8) is 0 Å². The molecule has 0 aliphatic heterocycles. The van der Waals surface area contributed by atoms with E-state index in [9.17, 15) is 15.0 Å². The van der Waals surface area contributed by atoms with E-state index in [1.807, 2.05) is 5.38 Å². The van der Waals surface area contributed by atoms with Gasteiger partial charge in [0, 0.05) is 11.1 Å². The van der Waals surface area contributed by atoms with Crippen molar-refractivity contribution in [2.24, 2.45) is 0 Å². The maximum Gasteiger partial charge on any atom is 0.153 e. The molecule has 2 aromatic rings. The monoisotopic (exact) mass is 235 g/mol. The topological polar surface area (TPSA) is 70.4 Å². The number of aromatic nitrogens is 1. The molecule has 1 unspecified atom stereocenters. The molecule has 0 saturated carbocycles. The highest BCUT2D eigenvalue weighted by atomic mass is 32.1. The van der Waals surface area contributed by atoms with E-state index < -0.39 is 6.10 Å². The lowest BCUT2D eigenvalue weighted by Gasteiger charge is -2.10. The van der Waals surface area contributed by atoms with Gasteiger partial charge in [0.1, 0.15) is 11.8 Å². The molecule has 82 valence electrons. The zero-order valence-corrected chi connectivity index (χ0v) is 9.02. The van der Waals surface area contributed by atoms with Gasteiger partial charge in [-0.2, -0.15) is 0 Å². The molecule has 16 heavy (non-hydrogen) atoms. The third-order valence-electron chi connectivity index (χ3n) is 2.18. The van der Waals surface area contributed by atoms with Gasteiger partial charge < -0.3 is 10.2 Å². The van der Waals surface area contributed by atoms with E-state index in [-0.39, 0.29) is 17.0 Å². The smallest absolute Gasteiger partial charge is 0.153 e. The number of aliphatic hydroxyl groups is 1. The van der Waals surface area contributed by atoms with E-state index in [0.717, 1.165) is 0 Å². The van der Waals surface area contributed by atoms with Crippen LogP contribution in [-0.2, 0) is 0 Å². The molecule has 0 aromatic carbocycles. The van der Waals surface area contributed by atoms with E-state index in [4.69, 9.17) is 0 Å². The first-order chi connectivity index (χ1) is 7.74. The van der Waals surface area contributed by atoms with Gasteiger partial charge in [-0.3, -0.25) is 9.78 Å². The van der Waals surface area contributed by atoms with Crippen molar-refractivity contribution in [1.82, 2.24) is 4.98 Å². The van der Waals surface area contributed by atoms with E-state index >= 15 is 0 Å².